The first-order valence-corrected chi connectivity index (χ1v) is 5.39. The quantitative estimate of drug-likeness (QED) is 0.772. The molecule has 1 heterocycles. The molecule has 0 spiro atoms. The average Bonchev–Trinajstić information content (AvgIpc) is 2.71. The van der Waals surface area contributed by atoms with Gasteiger partial charge in [0.2, 0.25) is 0 Å². The maximum atomic E-state index is 13.5. The largest absolute Gasteiger partial charge is 0.316 e. The minimum absolute atomic E-state index is 0.00245. The highest BCUT2D eigenvalue weighted by Gasteiger charge is 2.20. The lowest BCUT2D eigenvalue weighted by Gasteiger charge is -2.10. The van der Waals surface area contributed by atoms with Gasteiger partial charge in [-0.1, -0.05) is 11.6 Å². The van der Waals surface area contributed by atoms with E-state index < -0.39 is 11.6 Å². The van der Waals surface area contributed by atoms with Crippen LogP contribution in [0.5, 0.6) is 0 Å². The van der Waals surface area contributed by atoms with Gasteiger partial charge < -0.3 is 5.32 Å². The molecule has 0 radical (unpaired) electrons. The molecule has 1 aromatic rings. The van der Waals surface area contributed by atoms with Crippen LogP contribution in [0.4, 0.5) is 8.78 Å². The van der Waals surface area contributed by atoms with Crippen molar-refractivity contribution in [3.8, 4) is 0 Å². The van der Waals surface area contributed by atoms with E-state index in [1.807, 2.05) is 0 Å². The predicted octanol–water partition coefficient (Wildman–Crippen LogP) is 2.77. The average molecular weight is 232 g/mol. The van der Waals surface area contributed by atoms with Gasteiger partial charge in [0.15, 0.2) is 0 Å². The second-order valence-electron chi connectivity index (χ2n) is 3.88. The third-order valence-electron chi connectivity index (χ3n) is 2.79. The smallest absolute Gasteiger partial charge is 0.147 e. The fourth-order valence-corrected chi connectivity index (χ4v) is 2.11. The maximum absolute atomic E-state index is 13.5. The molecule has 0 amide bonds. The Balaban J connectivity index is 2.22. The summed E-state index contributed by atoms with van der Waals surface area (Å²) in [7, 11) is 0. The minimum atomic E-state index is -0.608. The number of rotatable bonds is 2. The topological polar surface area (TPSA) is 12.0 Å². The van der Waals surface area contributed by atoms with Crippen molar-refractivity contribution in [2.45, 2.75) is 12.8 Å². The van der Waals surface area contributed by atoms with Crippen LogP contribution in [0.15, 0.2) is 12.1 Å². The molecule has 1 fully saturated rings. The summed E-state index contributed by atoms with van der Waals surface area (Å²) in [6.07, 6.45) is 1.39. The molecular formula is C11H12ClF2N. The van der Waals surface area contributed by atoms with Gasteiger partial charge in [-0.2, -0.15) is 0 Å². The van der Waals surface area contributed by atoms with E-state index in [2.05, 4.69) is 5.32 Å². The summed E-state index contributed by atoms with van der Waals surface area (Å²) in [5.41, 5.74) is 0.121. The zero-order chi connectivity index (χ0) is 10.8. The normalized spacial score (nSPS) is 20.9. The minimum Gasteiger partial charge on any atom is -0.316 e. The van der Waals surface area contributed by atoms with Crippen LogP contribution in [0.3, 0.4) is 0 Å². The number of hydrogen-bond acceptors (Lipinski definition) is 1. The molecule has 15 heavy (non-hydrogen) atoms. The summed E-state index contributed by atoms with van der Waals surface area (Å²) in [5.74, 6) is -0.792. The maximum Gasteiger partial charge on any atom is 0.147 e. The molecule has 4 heteroatoms. The summed E-state index contributed by atoms with van der Waals surface area (Å²) in [6.45, 7) is 1.75. The van der Waals surface area contributed by atoms with E-state index in [4.69, 9.17) is 11.6 Å². The Hall–Kier alpha value is -0.670. The van der Waals surface area contributed by atoms with Gasteiger partial charge >= 0.3 is 0 Å². The van der Waals surface area contributed by atoms with Crippen LogP contribution in [0, 0.1) is 17.6 Å². The summed E-state index contributed by atoms with van der Waals surface area (Å²) < 4.78 is 26.9. The van der Waals surface area contributed by atoms with Crippen LogP contribution in [0.2, 0.25) is 5.02 Å². The van der Waals surface area contributed by atoms with Crippen molar-refractivity contribution in [2.24, 2.45) is 5.92 Å². The van der Waals surface area contributed by atoms with Gasteiger partial charge in [0, 0.05) is 5.56 Å². The van der Waals surface area contributed by atoms with Gasteiger partial charge in [-0.05, 0) is 44.0 Å². The molecule has 82 valence electrons. The van der Waals surface area contributed by atoms with E-state index in [1.54, 1.807) is 0 Å². The zero-order valence-electron chi connectivity index (χ0n) is 8.19. The lowest BCUT2D eigenvalue weighted by atomic mass is 9.98. The molecule has 0 bridgehead atoms. The van der Waals surface area contributed by atoms with E-state index in [0.717, 1.165) is 19.5 Å². The molecule has 1 unspecified atom stereocenters. The summed E-state index contributed by atoms with van der Waals surface area (Å²) in [5, 5.41) is 3.17. The second-order valence-corrected chi connectivity index (χ2v) is 4.29. The van der Waals surface area contributed by atoms with Crippen LogP contribution in [-0.4, -0.2) is 13.1 Å². The summed E-state index contributed by atoms with van der Waals surface area (Å²) >= 11 is 5.61. The second kappa shape index (κ2) is 4.45. The highest BCUT2D eigenvalue weighted by atomic mass is 35.5. The monoisotopic (exact) mass is 231 g/mol. The molecule has 1 atom stereocenters. The van der Waals surface area contributed by atoms with Crippen molar-refractivity contribution in [3.05, 3.63) is 34.4 Å². The molecular weight excluding hydrogens is 220 g/mol. The van der Waals surface area contributed by atoms with Gasteiger partial charge in [0.05, 0.1) is 5.02 Å². The SMILES string of the molecule is Fc1ccc(Cl)c(F)c1CC1CCNC1. The standard InChI is InChI=1S/C11H12ClF2N/c12-9-1-2-10(13)8(11(9)14)5-7-3-4-15-6-7/h1-2,7,15H,3-6H2. The van der Waals surface area contributed by atoms with Crippen molar-refractivity contribution in [1.29, 1.82) is 0 Å². The number of benzene rings is 1. The Labute approximate surface area is 92.4 Å². The fraction of sp³-hybridized carbons (Fsp3) is 0.455. The van der Waals surface area contributed by atoms with Gasteiger partial charge in [0.1, 0.15) is 11.6 Å². The van der Waals surface area contributed by atoms with Crippen molar-refractivity contribution >= 4 is 11.6 Å². The zero-order valence-corrected chi connectivity index (χ0v) is 8.95. The van der Waals surface area contributed by atoms with Gasteiger partial charge in [-0.15, -0.1) is 0 Å². The lowest BCUT2D eigenvalue weighted by Crippen LogP contribution is -2.12. The van der Waals surface area contributed by atoms with Crippen molar-refractivity contribution in [3.63, 3.8) is 0 Å². The number of halogens is 3. The molecule has 1 aliphatic rings. The Morgan fingerprint density at radius 3 is 2.87 bits per heavy atom. The number of hydrogen-bond donors (Lipinski definition) is 1. The summed E-state index contributed by atoms with van der Waals surface area (Å²) in [4.78, 5) is 0. The van der Waals surface area contributed by atoms with Gasteiger partial charge in [0.25, 0.3) is 0 Å². The molecule has 1 saturated heterocycles. The Kier molecular flexibility index (Phi) is 3.22. The van der Waals surface area contributed by atoms with Crippen LogP contribution >= 0.6 is 11.6 Å². The van der Waals surface area contributed by atoms with Gasteiger partial charge in [-0.3, -0.25) is 0 Å². The molecule has 0 aliphatic carbocycles. The van der Waals surface area contributed by atoms with E-state index in [0.29, 0.717) is 12.3 Å². The number of nitrogens with one attached hydrogen (secondary N) is 1. The predicted molar refractivity (Wildman–Crippen MR) is 56.0 cm³/mol. The van der Waals surface area contributed by atoms with Crippen molar-refractivity contribution < 1.29 is 8.78 Å². The lowest BCUT2D eigenvalue weighted by molar-refractivity contribution is 0.506. The highest BCUT2D eigenvalue weighted by Crippen LogP contribution is 2.25. The highest BCUT2D eigenvalue weighted by molar-refractivity contribution is 6.30. The molecule has 1 aliphatic heterocycles. The Morgan fingerprint density at radius 1 is 1.40 bits per heavy atom. The third-order valence-corrected chi connectivity index (χ3v) is 3.09. The van der Waals surface area contributed by atoms with E-state index in [1.165, 1.54) is 12.1 Å². The fourth-order valence-electron chi connectivity index (χ4n) is 1.93. The van der Waals surface area contributed by atoms with Crippen molar-refractivity contribution in [1.82, 2.24) is 5.32 Å². The first-order chi connectivity index (χ1) is 7.18. The third kappa shape index (κ3) is 2.29. The van der Waals surface area contributed by atoms with Crippen LogP contribution in [-0.2, 0) is 6.42 Å². The molecule has 1 nitrogen and oxygen atoms in total. The molecule has 0 aromatic heterocycles. The molecule has 1 N–H and O–H groups in total. The van der Waals surface area contributed by atoms with Gasteiger partial charge in [-0.25, -0.2) is 8.78 Å². The first-order valence-electron chi connectivity index (χ1n) is 5.01. The Morgan fingerprint density at radius 2 is 2.20 bits per heavy atom. The van der Waals surface area contributed by atoms with Crippen molar-refractivity contribution in [2.75, 3.05) is 13.1 Å². The van der Waals surface area contributed by atoms with E-state index in [-0.39, 0.29) is 10.6 Å². The first kappa shape index (κ1) is 10.8. The summed E-state index contributed by atoms with van der Waals surface area (Å²) in [6, 6.07) is 2.48. The molecule has 1 aromatic carbocycles. The van der Waals surface area contributed by atoms with Crippen LogP contribution in [0.25, 0.3) is 0 Å². The van der Waals surface area contributed by atoms with E-state index in [9.17, 15) is 8.78 Å². The van der Waals surface area contributed by atoms with Crippen LogP contribution < -0.4 is 5.32 Å². The Bertz CT molecular complexity index is 362. The molecule has 2 rings (SSSR count). The van der Waals surface area contributed by atoms with E-state index >= 15 is 0 Å². The molecule has 0 saturated carbocycles. The van der Waals surface area contributed by atoms with Crippen LogP contribution in [0.1, 0.15) is 12.0 Å².